The highest BCUT2D eigenvalue weighted by Crippen LogP contribution is 2.32. The Morgan fingerprint density at radius 2 is 1.46 bits per heavy atom. The van der Waals surface area contributed by atoms with Crippen LogP contribution < -0.4 is 10.1 Å². The highest BCUT2D eigenvalue weighted by atomic mass is 19.4. The molecule has 0 atom stereocenters. The molecular weight excluding hydrogens is 364 g/mol. The van der Waals surface area contributed by atoms with Gasteiger partial charge in [0.2, 0.25) is 5.82 Å². The first-order chi connectivity index (χ1) is 12.1. The van der Waals surface area contributed by atoms with Gasteiger partial charge >= 0.3 is 12.5 Å². The Labute approximate surface area is 142 Å². The van der Waals surface area contributed by atoms with Gasteiger partial charge in [-0.1, -0.05) is 12.1 Å². The van der Waals surface area contributed by atoms with E-state index in [0.717, 1.165) is 12.1 Å². The molecule has 4 nitrogen and oxygen atoms in total. The third-order valence-electron chi connectivity index (χ3n) is 3.21. The molecule has 26 heavy (non-hydrogen) atoms. The Hall–Kier alpha value is -3.04. The van der Waals surface area contributed by atoms with E-state index in [1.165, 1.54) is 30.3 Å². The molecule has 0 unspecified atom stereocenters. The predicted molar refractivity (Wildman–Crippen MR) is 80.9 cm³/mol. The fraction of sp³-hybridized carbons (Fsp3) is 0.125. The molecule has 0 fully saturated rings. The van der Waals surface area contributed by atoms with Gasteiger partial charge in [-0.2, -0.15) is 13.2 Å². The quantitative estimate of drug-likeness (QED) is 0.634. The van der Waals surface area contributed by atoms with Crippen LogP contribution in [0.2, 0.25) is 0 Å². The molecule has 2 aromatic carbocycles. The van der Waals surface area contributed by atoms with Gasteiger partial charge < -0.3 is 10.1 Å². The van der Waals surface area contributed by atoms with Crippen molar-refractivity contribution in [3.63, 3.8) is 0 Å². The number of fused-ring (bicyclic) bond motifs is 1. The van der Waals surface area contributed by atoms with Gasteiger partial charge in [-0.15, -0.1) is 13.2 Å². The van der Waals surface area contributed by atoms with E-state index in [-0.39, 0.29) is 17.0 Å². The zero-order valence-electron chi connectivity index (χ0n) is 12.7. The lowest BCUT2D eigenvalue weighted by Gasteiger charge is -2.13. The van der Waals surface area contributed by atoms with E-state index < -0.39 is 24.1 Å². The Morgan fingerprint density at radius 3 is 2.08 bits per heavy atom. The van der Waals surface area contributed by atoms with Crippen LogP contribution in [0, 0.1) is 0 Å². The van der Waals surface area contributed by atoms with Crippen LogP contribution >= 0.6 is 0 Å². The van der Waals surface area contributed by atoms with Crippen molar-refractivity contribution < 1.29 is 31.1 Å². The maximum Gasteiger partial charge on any atom is 0.573 e. The number of para-hydroxylation sites is 1. The second kappa shape index (κ2) is 6.36. The van der Waals surface area contributed by atoms with Gasteiger partial charge in [-0.05, 0) is 36.4 Å². The lowest BCUT2D eigenvalue weighted by molar-refractivity contribution is -0.274. The van der Waals surface area contributed by atoms with Gasteiger partial charge in [-0.3, -0.25) is 0 Å². The molecule has 1 aromatic heterocycles. The molecule has 1 N–H and O–H groups in total. The van der Waals surface area contributed by atoms with E-state index in [0.29, 0.717) is 5.39 Å². The summed E-state index contributed by atoms with van der Waals surface area (Å²) in [6, 6.07) is 10.6. The van der Waals surface area contributed by atoms with Crippen molar-refractivity contribution in [2.24, 2.45) is 0 Å². The molecule has 3 rings (SSSR count). The van der Waals surface area contributed by atoms with Crippen LogP contribution in [-0.2, 0) is 6.18 Å². The molecule has 0 aliphatic heterocycles. The van der Waals surface area contributed by atoms with Crippen molar-refractivity contribution in [2.45, 2.75) is 12.5 Å². The van der Waals surface area contributed by atoms with Gasteiger partial charge in [0.25, 0.3) is 0 Å². The van der Waals surface area contributed by atoms with E-state index in [1.807, 2.05) is 0 Å². The van der Waals surface area contributed by atoms with Crippen LogP contribution in [0.25, 0.3) is 10.9 Å². The summed E-state index contributed by atoms with van der Waals surface area (Å²) in [4.78, 5) is 6.97. The summed E-state index contributed by atoms with van der Waals surface area (Å²) in [7, 11) is 0. The van der Waals surface area contributed by atoms with Crippen LogP contribution in [0.3, 0.4) is 0 Å². The molecule has 0 saturated heterocycles. The normalized spacial score (nSPS) is 12.2. The molecule has 0 amide bonds. The minimum Gasteiger partial charge on any atom is -0.406 e. The van der Waals surface area contributed by atoms with Crippen molar-refractivity contribution in [2.75, 3.05) is 5.32 Å². The molecular formula is C16H9F6N3O. The number of rotatable bonds is 3. The summed E-state index contributed by atoms with van der Waals surface area (Å²) in [6.45, 7) is 0. The molecule has 136 valence electrons. The number of nitrogens with one attached hydrogen (secondary N) is 1. The topological polar surface area (TPSA) is 47.0 Å². The summed E-state index contributed by atoms with van der Waals surface area (Å²) in [5.41, 5.74) is 0.311. The molecule has 0 radical (unpaired) electrons. The molecule has 0 aliphatic rings. The Morgan fingerprint density at radius 1 is 0.808 bits per heavy atom. The lowest BCUT2D eigenvalue weighted by Crippen LogP contribution is -2.17. The van der Waals surface area contributed by atoms with Crippen molar-refractivity contribution in [3.8, 4) is 5.75 Å². The maximum atomic E-state index is 13.0. The number of halogens is 6. The number of nitrogens with zero attached hydrogens (tertiary/aromatic N) is 2. The second-order valence-corrected chi connectivity index (χ2v) is 5.11. The van der Waals surface area contributed by atoms with E-state index in [9.17, 15) is 26.3 Å². The smallest absolute Gasteiger partial charge is 0.406 e. The molecule has 0 saturated carbocycles. The van der Waals surface area contributed by atoms with E-state index in [1.54, 1.807) is 6.07 Å². The fourth-order valence-electron chi connectivity index (χ4n) is 2.18. The number of hydrogen-bond donors (Lipinski definition) is 1. The number of benzene rings is 2. The monoisotopic (exact) mass is 373 g/mol. The predicted octanol–water partition coefficient (Wildman–Crippen LogP) is 5.29. The number of ether oxygens (including phenoxy) is 1. The zero-order chi connectivity index (χ0) is 18.9. The van der Waals surface area contributed by atoms with Crippen molar-refractivity contribution >= 4 is 22.4 Å². The summed E-state index contributed by atoms with van der Waals surface area (Å²) in [5, 5.41) is 2.99. The zero-order valence-corrected chi connectivity index (χ0v) is 12.7. The van der Waals surface area contributed by atoms with Crippen LogP contribution in [0.4, 0.5) is 37.8 Å². The largest absolute Gasteiger partial charge is 0.573 e. The van der Waals surface area contributed by atoms with E-state index in [2.05, 4.69) is 20.0 Å². The Kier molecular flexibility index (Phi) is 4.34. The minimum absolute atomic E-state index is 0.0781. The van der Waals surface area contributed by atoms with Crippen LogP contribution in [0.15, 0.2) is 48.5 Å². The van der Waals surface area contributed by atoms with E-state index >= 15 is 0 Å². The van der Waals surface area contributed by atoms with E-state index in [4.69, 9.17) is 0 Å². The van der Waals surface area contributed by atoms with Crippen LogP contribution in [0.5, 0.6) is 5.75 Å². The fourth-order valence-corrected chi connectivity index (χ4v) is 2.18. The van der Waals surface area contributed by atoms with Crippen LogP contribution in [-0.4, -0.2) is 16.3 Å². The number of alkyl halides is 6. The first-order valence-electron chi connectivity index (χ1n) is 7.09. The first-order valence-corrected chi connectivity index (χ1v) is 7.09. The van der Waals surface area contributed by atoms with Gasteiger partial charge in [-0.25, -0.2) is 9.97 Å². The number of aromatic nitrogens is 2. The lowest BCUT2D eigenvalue weighted by atomic mass is 10.2. The summed E-state index contributed by atoms with van der Waals surface area (Å²) < 4.78 is 79.1. The molecule has 3 aromatic rings. The highest BCUT2D eigenvalue weighted by Gasteiger charge is 2.35. The van der Waals surface area contributed by atoms with Crippen LogP contribution in [0.1, 0.15) is 5.82 Å². The number of anilines is 2. The van der Waals surface area contributed by atoms with Crippen molar-refractivity contribution in [1.29, 1.82) is 0 Å². The minimum atomic E-state index is -4.83. The average molecular weight is 373 g/mol. The third-order valence-corrected chi connectivity index (χ3v) is 3.21. The summed E-state index contributed by atoms with van der Waals surface area (Å²) >= 11 is 0. The van der Waals surface area contributed by atoms with Gasteiger partial charge in [0.05, 0.1) is 5.52 Å². The maximum absolute atomic E-state index is 13.0. The SMILES string of the molecule is FC(F)(F)Oc1ccc(Nc2nc(C(F)(F)F)nc3ccccc23)cc1. The number of hydrogen-bond acceptors (Lipinski definition) is 4. The van der Waals surface area contributed by atoms with Crippen molar-refractivity contribution in [1.82, 2.24) is 9.97 Å². The molecule has 10 heteroatoms. The first kappa shape index (κ1) is 17.8. The van der Waals surface area contributed by atoms with Gasteiger partial charge in [0.1, 0.15) is 11.6 Å². The molecule has 0 aliphatic carbocycles. The molecule has 1 heterocycles. The molecule has 0 bridgehead atoms. The Balaban J connectivity index is 1.95. The molecule has 0 spiro atoms. The second-order valence-electron chi connectivity index (χ2n) is 5.11. The standard InChI is InChI=1S/C16H9F6N3O/c17-15(18,19)14-24-12-4-2-1-3-11(12)13(25-14)23-9-5-7-10(8-6-9)26-16(20,21)22/h1-8H,(H,23,24,25). The highest BCUT2D eigenvalue weighted by molar-refractivity contribution is 5.90. The average Bonchev–Trinajstić information content (AvgIpc) is 2.54. The van der Waals surface area contributed by atoms with Gasteiger partial charge in [0.15, 0.2) is 0 Å². The third kappa shape index (κ3) is 4.13. The summed E-state index contributed by atoms with van der Waals surface area (Å²) in [5.74, 6) is -1.89. The van der Waals surface area contributed by atoms with Crippen molar-refractivity contribution in [3.05, 3.63) is 54.4 Å². The van der Waals surface area contributed by atoms with Gasteiger partial charge in [0, 0.05) is 11.1 Å². The summed E-state index contributed by atoms with van der Waals surface area (Å²) in [6.07, 6.45) is -9.58. The Bertz CT molecular complexity index is 922.